The van der Waals surface area contributed by atoms with Crippen LogP contribution in [0.2, 0.25) is 0 Å². The Labute approximate surface area is 130 Å². The molecule has 0 atom stereocenters. The standard InChI is InChI=1S/C15H14N4O4/c1-2-7-18-8-10-9-5-3-4-6-11(9)16-13(12(10)17-18)19(14(20)21)15(22)23/h3-6,8H,2,7H2,1H3,(H,20,21)(H,22,23). The maximum Gasteiger partial charge on any atom is 0.422 e. The normalized spacial score (nSPS) is 11.0. The van der Waals surface area contributed by atoms with Crippen LogP contribution in [0, 0.1) is 0 Å². The Balaban J connectivity index is 2.38. The average Bonchev–Trinajstić information content (AvgIpc) is 2.91. The van der Waals surface area contributed by atoms with Crippen molar-refractivity contribution in [2.45, 2.75) is 19.9 Å². The summed E-state index contributed by atoms with van der Waals surface area (Å²) < 4.78 is 1.67. The zero-order valence-electron chi connectivity index (χ0n) is 12.3. The molecule has 0 aliphatic rings. The summed E-state index contributed by atoms with van der Waals surface area (Å²) >= 11 is 0. The van der Waals surface area contributed by atoms with Crippen molar-refractivity contribution in [3.63, 3.8) is 0 Å². The first-order valence-electron chi connectivity index (χ1n) is 7.04. The first-order valence-corrected chi connectivity index (χ1v) is 7.04. The van der Waals surface area contributed by atoms with Gasteiger partial charge >= 0.3 is 12.2 Å². The predicted octanol–water partition coefficient (Wildman–Crippen LogP) is 3.16. The summed E-state index contributed by atoms with van der Waals surface area (Å²) in [5.74, 6) is -0.200. The molecule has 0 saturated heterocycles. The summed E-state index contributed by atoms with van der Waals surface area (Å²) in [5.41, 5.74) is 0.764. The lowest BCUT2D eigenvalue weighted by Gasteiger charge is -2.13. The molecule has 3 aromatic rings. The van der Waals surface area contributed by atoms with Crippen LogP contribution in [0.5, 0.6) is 0 Å². The van der Waals surface area contributed by atoms with Crippen LogP contribution >= 0.6 is 0 Å². The monoisotopic (exact) mass is 314 g/mol. The van der Waals surface area contributed by atoms with Gasteiger partial charge in [0.1, 0.15) is 5.52 Å². The number of fused-ring (bicyclic) bond motifs is 3. The topological polar surface area (TPSA) is 109 Å². The molecule has 2 N–H and O–H groups in total. The number of aryl methyl sites for hydroxylation is 1. The maximum absolute atomic E-state index is 11.3. The van der Waals surface area contributed by atoms with Crippen molar-refractivity contribution in [1.82, 2.24) is 14.8 Å². The van der Waals surface area contributed by atoms with Gasteiger partial charge < -0.3 is 10.2 Å². The van der Waals surface area contributed by atoms with Gasteiger partial charge in [0.25, 0.3) is 0 Å². The van der Waals surface area contributed by atoms with Gasteiger partial charge in [0.15, 0.2) is 5.82 Å². The van der Waals surface area contributed by atoms with Gasteiger partial charge in [-0.05, 0) is 12.5 Å². The Kier molecular flexibility index (Phi) is 3.57. The van der Waals surface area contributed by atoms with E-state index in [2.05, 4.69) is 10.1 Å². The number of rotatable bonds is 3. The van der Waals surface area contributed by atoms with E-state index in [0.29, 0.717) is 17.4 Å². The first-order chi connectivity index (χ1) is 11.0. The number of anilines is 1. The van der Waals surface area contributed by atoms with Gasteiger partial charge in [-0.3, -0.25) is 4.68 Å². The number of imide groups is 1. The number of carboxylic acid groups (broad SMARTS) is 2. The molecule has 1 aromatic carbocycles. The number of pyridine rings is 1. The van der Waals surface area contributed by atoms with E-state index in [9.17, 15) is 19.8 Å². The van der Waals surface area contributed by atoms with Crippen LogP contribution in [0.15, 0.2) is 30.5 Å². The highest BCUT2D eigenvalue weighted by Gasteiger charge is 2.28. The molecule has 0 spiro atoms. The fourth-order valence-corrected chi connectivity index (χ4v) is 2.51. The fourth-order valence-electron chi connectivity index (χ4n) is 2.51. The van der Waals surface area contributed by atoms with Gasteiger partial charge in [0.2, 0.25) is 0 Å². The lowest BCUT2D eigenvalue weighted by Crippen LogP contribution is -2.35. The largest absolute Gasteiger partial charge is 0.464 e. The number of para-hydroxylation sites is 1. The molecule has 118 valence electrons. The van der Waals surface area contributed by atoms with Gasteiger partial charge in [0.05, 0.1) is 5.52 Å². The molecule has 0 aliphatic carbocycles. The van der Waals surface area contributed by atoms with E-state index in [0.717, 1.165) is 11.8 Å². The lowest BCUT2D eigenvalue weighted by molar-refractivity contribution is 0.184. The van der Waals surface area contributed by atoms with Gasteiger partial charge in [-0.2, -0.15) is 10.00 Å². The fraction of sp³-hybridized carbons (Fsp3) is 0.200. The third-order valence-electron chi connectivity index (χ3n) is 3.44. The Hall–Kier alpha value is -3.16. The quantitative estimate of drug-likeness (QED) is 0.768. The highest BCUT2D eigenvalue weighted by Crippen LogP contribution is 2.30. The molecular weight excluding hydrogens is 300 g/mol. The molecule has 8 heteroatoms. The molecule has 0 unspecified atom stereocenters. The number of nitrogens with zero attached hydrogens (tertiary/aromatic N) is 4. The Morgan fingerprint density at radius 3 is 2.52 bits per heavy atom. The van der Waals surface area contributed by atoms with Gasteiger partial charge in [-0.25, -0.2) is 14.6 Å². The van der Waals surface area contributed by atoms with E-state index in [1.165, 1.54) is 0 Å². The number of carbonyl (C=O) groups is 2. The Morgan fingerprint density at radius 2 is 1.87 bits per heavy atom. The second-order valence-corrected chi connectivity index (χ2v) is 5.01. The minimum atomic E-state index is -1.62. The second kappa shape index (κ2) is 5.56. The van der Waals surface area contributed by atoms with E-state index in [1.54, 1.807) is 23.0 Å². The summed E-state index contributed by atoms with van der Waals surface area (Å²) in [7, 11) is 0. The van der Waals surface area contributed by atoms with Crippen LogP contribution in [0.1, 0.15) is 13.3 Å². The van der Waals surface area contributed by atoms with Crippen LogP contribution < -0.4 is 4.90 Å². The number of amides is 2. The van der Waals surface area contributed by atoms with Crippen LogP contribution in [0.3, 0.4) is 0 Å². The van der Waals surface area contributed by atoms with E-state index < -0.39 is 12.2 Å². The van der Waals surface area contributed by atoms with Gasteiger partial charge in [-0.15, -0.1) is 0 Å². The SMILES string of the molecule is CCCn1cc2c(n1)c(N(C(=O)O)C(=O)O)nc1ccccc12. The minimum Gasteiger partial charge on any atom is -0.464 e. The molecule has 2 amide bonds. The molecule has 8 nitrogen and oxygen atoms in total. The molecule has 0 saturated carbocycles. The Bertz CT molecular complexity index is 904. The molecule has 23 heavy (non-hydrogen) atoms. The number of aromatic nitrogens is 3. The predicted molar refractivity (Wildman–Crippen MR) is 83.9 cm³/mol. The molecule has 0 fully saturated rings. The van der Waals surface area contributed by atoms with Crippen molar-refractivity contribution in [1.29, 1.82) is 0 Å². The van der Waals surface area contributed by atoms with Crippen molar-refractivity contribution >= 4 is 39.8 Å². The Morgan fingerprint density at radius 1 is 1.17 bits per heavy atom. The summed E-state index contributed by atoms with van der Waals surface area (Å²) in [5, 5.41) is 24.2. The van der Waals surface area contributed by atoms with Crippen LogP contribution in [0.25, 0.3) is 21.8 Å². The van der Waals surface area contributed by atoms with E-state index in [4.69, 9.17) is 0 Å². The maximum atomic E-state index is 11.3. The van der Waals surface area contributed by atoms with E-state index in [-0.39, 0.29) is 16.2 Å². The minimum absolute atomic E-state index is 0.193. The number of benzene rings is 1. The molecule has 0 radical (unpaired) electrons. The molecular formula is C15H14N4O4. The van der Waals surface area contributed by atoms with Crippen molar-refractivity contribution in [2.75, 3.05) is 4.90 Å². The van der Waals surface area contributed by atoms with Crippen LogP contribution in [-0.4, -0.2) is 37.2 Å². The zero-order chi connectivity index (χ0) is 16.6. The molecule has 0 bridgehead atoms. The molecule has 2 heterocycles. The smallest absolute Gasteiger partial charge is 0.422 e. The second-order valence-electron chi connectivity index (χ2n) is 5.01. The summed E-state index contributed by atoms with van der Waals surface area (Å²) in [4.78, 5) is 27.0. The third-order valence-corrected chi connectivity index (χ3v) is 3.44. The van der Waals surface area contributed by atoms with Crippen molar-refractivity contribution in [3.05, 3.63) is 30.5 Å². The lowest BCUT2D eigenvalue weighted by atomic mass is 10.1. The van der Waals surface area contributed by atoms with Crippen molar-refractivity contribution < 1.29 is 19.8 Å². The highest BCUT2D eigenvalue weighted by atomic mass is 16.4. The molecule has 2 aromatic heterocycles. The van der Waals surface area contributed by atoms with E-state index >= 15 is 0 Å². The van der Waals surface area contributed by atoms with Crippen molar-refractivity contribution in [2.24, 2.45) is 0 Å². The first kappa shape index (κ1) is 14.8. The van der Waals surface area contributed by atoms with Gasteiger partial charge in [-0.1, -0.05) is 25.1 Å². The number of hydrogen-bond donors (Lipinski definition) is 2. The average molecular weight is 314 g/mol. The zero-order valence-corrected chi connectivity index (χ0v) is 12.3. The highest BCUT2D eigenvalue weighted by molar-refractivity contribution is 6.16. The molecule has 0 aliphatic heterocycles. The third kappa shape index (κ3) is 2.44. The van der Waals surface area contributed by atoms with E-state index in [1.807, 2.05) is 19.1 Å². The number of hydrogen-bond acceptors (Lipinski definition) is 4. The van der Waals surface area contributed by atoms with Crippen LogP contribution in [-0.2, 0) is 6.54 Å². The van der Waals surface area contributed by atoms with Gasteiger partial charge in [0, 0.05) is 23.5 Å². The summed E-state index contributed by atoms with van der Waals surface area (Å²) in [6.45, 7) is 2.63. The van der Waals surface area contributed by atoms with Crippen LogP contribution in [0.4, 0.5) is 15.4 Å². The molecule has 3 rings (SSSR count). The summed E-state index contributed by atoms with van der Waals surface area (Å²) in [6.07, 6.45) is -0.608. The van der Waals surface area contributed by atoms with Crippen molar-refractivity contribution in [3.8, 4) is 0 Å². The summed E-state index contributed by atoms with van der Waals surface area (Å²) in [6, 6.07) is 7.15.